The van der Waals surface area contributed by atoms with Gasteiger partial charge in [-0.3, -0.25) is 9.48 Å². The molecule has 0 bridgehead atoms. The Labute approximate surface area is 108 Å². The largest absolute Gasteiger partial charge is 0.396 e. The minimum Gasteiger partial charge on any atom is -0.396 e. The zero-order valence-corrected chi connectivity index (χ0v) is 11.4. The van der Waals surface area contributed by atoms with Crippen molar-refractivity contribution >= 4 is 11.6 Å². The van der Waals surface area contributed by atoms with E-state index in [1.807, 2.05) is 4.90 Å². The Morgan fingerprint density at radius 1 is 1.44 bits per heavy atom. The normalized spacial score (nSPS) is 17.4. The van der Waals surface area contributed by atoms with E-state index in [4.69, 9.17) is 5.73 Å². The van der Waals surface area contributed by atoms with Crippen LogP contribution in [0.15, 0.2) is 6.20 Å². The number of nitrogens with zero attached hydrogens (tertiary/aromatic N) is 3. The summed E-state index contributed by atoms with van der Waals surface area (Å²) in [6.45, 7) is 6.15. The van der Waals surface area contributed by atoms with E-state index in [9.17, 15) is 4.79 Å². The smallest absolute Gasteiger partial charge is 0.274 e. The molecule has 0 aromatic carbocycles. The van der Waals surface area contributed by atoms with E-state index in [2.05, 4.69) is 18.9 Å². The van der Waals surface area contributed by atoms with Crippen molar-refractivity contribution in [3.05, 3.63) is 11.9 Å². The van der Waals surface area contributed by atoms with Gasteiger partial charge in [-0.25, -0.2) is 0 Å². The van der Waals surface area contributed by atoms with Crippen LogP contribution in [-0.4, -0.2) is 33.7 Å². The maximum absolute atomic E-state index is 12.4. The van der Waals surface area contributed by atoms with E-state index < -0.39 is 0 Å². The summed E-state index contributed by atoms with van der Waals surface area (Å²) in [5.74, 6) is 1.44. The first-order valence-corrected chi connectivity index (χ1v) is 6.57. The zero-order valence-electron chi connectivity index (χ0n) is 11.4. The topological polar surface area (TPSA) is 64.2 Å². The van der Waals surface area contributed by atoms with Crippen LogP contribution in [0.4, 0.5) is 5.69 Å². The summed E-state index contributed by atoms with van der Waals surface area (Å²) in [6, 6.07) is 0. The number of likely N-dealkylation sites (tertiary alicyclic amines) is 1. The fourth-order valence-electron chi connectivity index (χ4n) is 2.64. The van der Waals surface area contributed by atoms with Crippen LogP contribution < -0.4 is 5.73 Å². The molecule has 0 saturated carbocycles. The second kappa shape index (κ2) is 5.00. The molecule has 5 heteroatoms. The molecule has 2 rings (SSSR count). The van der Waals surface area contributed by atoms with Gasteiger partial charge in [0.05, 0.1) is 11.9 Å². The summed E-state index contributed by atoms with van der Waals surface area (Å²) in [5, 5.41) is 4.02. The van der Waals surface area contributed by atoms with Gasteiger partial charge in [-0.05, 0) is 24.7 Å². The van der Waals surface area contributed by atoms with Gasteiger partial charge in [-0.15, -0.1) is 0 Å². The summed E-state index contributed by atoms with van der Waals surface area (Å²) < 4.78 is 1.56. The van der Waals surface area contributed by atoms with Crippen molar-refractivity contribution in [2.24, 2.45) is 18.9 Å². The highest BCUT2D eigenvalue weighted by molar-refractivity contribution is 5.97. The second-order valence-corrected chi connectivity index (χ2v) is 5.45. The van der Waals surface area contributed by atoms with Crippen LogP contribution in [0.1, 0.15) is 37.2 Å². The average Bonchev–Trinajstić information content (AvgIpc) is 2.68. The quantitative estimate of drug-likeness (QED) is 0.865. The summed E-state index contributed by atoms with van der Waals surface area (Å²) in [6.07, 6.45) is 3.70. The molecule has 1 amide bonds. The van der Waals surface area contributed by atoms with Gasteiger partial charge in [0.1, 0.15) is 5.69 Å². The number of carbonyl (C=O) groups excluding carboxylic acids is 1. The lowest BCUT2D eigenvalue weighted by molar-refractivity contribution is 0.0658. The molecular weight excluding hydrogens is 228 g/mol. The third-order valence-electron chi connectivity index (χ3n) is 3.94. The van der Waals surface area contributed by atoms with E-state index in [0.717, 1.165) is 31.8 Å². The van der Waals surface area contributed by atoms with Gasteiger partial charge in [0.25, 0.3) is 5.91 Å². The lowest BCUT2D eigenvalue weighted by atomic mass is 9.86. The Morgan fingerprint density at radius 3 is 2.50 bits per heavy atom. The molecular formula is C13H22N4O. The Balaban J connectivity index is 2.04. The van der Waals surface area contributed by atoms with Crippen LogP contribution in [0.5, 0.6) is 0 Å². The van der Waals surface area contributed by atoms with Crippen molar-refractivity contribution in [2.75, 3.05) is 18.8 Å². The van der Waals surface area contributed by atoms with E-state index in [-0.39, 0.29) is 5.91 Å². The number of nitrogen functional groups attached to an aromatic ring is 1. The highest BCUT2D eigenvalue weighted by Crippen LogP contribution is 2.25. The predicted octanol–water partition coefficient (Wildman–Crippen LogP) is 1.51. The van der Waals surface area contributed by atoms with Gasteiger partial charge < -0.3 is 10.6 Å². The van der Waals surface area contributed by atoms with Crippen molar-refractivity contribution in [3.63, 3.8) is 0 Å². The third-order valence-corrected chi connectivity index (χ3v) is 3.94. The van der Waals surface area contributed by atoms with Crippen molar-refractivity contribution in [1.29, 1.82) is 0 Å². The summed E-state index contributed by atoms with van der Waals surface area (Å²) >= 11 is 0. The van der Waals surface area contributed by atoms with Crippen LogP contribution in [-0.2, 0) is 7.05 Å². The Morgan fingerprint density at radius 2 is 2.06 bits per heavy atom. The number of anilines is 1. The summed E-state index contributed by atoms with van der Waals surface area (Å²) in [5.41, 5.74) is 6.77. The van der Waals surface area contributed by atoms with Crippen molar-refractivity contribution in [3.8, 4) is 0 Å². The first kappa shape index (κ1) is 12.9. The fraction of sp³-hybridized carbons (Fsp3) is 0.692. The van der Waals surface area contributed by atoms with Gasteiger partial charge in [0.2, 0.25) is 0 Å². The molecule has 2 N–H and O–H groups in total. The number of nitrogens with two attached hydrogens (primary N) is 1. The maximum Gasteiger partial charge on any atom is 0.274 e. The molecule has 5 nitrogen and oxygen atoms in total. The van der Waals surface area contributed by atoms with Crippen molar-refractivity contribution in [1.82, 2.24) is 14.7 Å². The first-order valence-electron chi connectivity index (χ1n) is 6.57. The van der Waals surface area contributed by atoms with Gasteiger partial charge >= 0.3 is 0 Å². The molecule has 1 aliphatic rings. The number of piperidine rings is 1. The van der Waals surface area contributed by atoms with Crippen molar-refractivity contribution in [2.45, 2.75) is 26.7 Å². The third kappa shape index (κ3) is 2.35. The molecule has 1 aromatic rings. The molecule has 1 aromatic heterocycles. The van der Waals surface area contributed by atoms with Crippen LogP contribution in [0, 0.1) is 11.8 Å². The molecule has 0 atom stereocenters. The number of amides is 1. The molecule has 100 valence electrons. The summed E-state index contributed by atoms with van der Waals surface area (Å²) in [7, 11) is 1.75. The highest BCUT2D eigenvalue weighted by atomic mass is 16.2. The van der Waals surface area contributed by atoms with Crippen LogP contribution in [0.3, 0.4) is 0 Å². The number of rotatable bonds is 2. The molecule has 0 unspecified atom stereocenters. The zero-order chi connectivity index (χ0) is 13.3. The van der Waals surface area contributed by atoms with Crippen LogP contribution in [0.25, 0.3) is 0 Å². The second-order valence-electron chi connectivity index (χ2n) is 5.45. The average molecular weight is 250 g/mol. The van der Waals surface area contributed by atoms with E-state index in [0.29, 0.717) is 17.3 Å². The molecule has 1 aliphatic heterocycles. The molecule has 0 aliphatic carbocycles. The molecule has 1 saturated heterocycles. The van der Waals surface area contributed by atoms with Gasteiger partial charge in [-0.2, -0.15) is 5.10 Å². The fourth-order valence-corrected chi connectivity index (χ4v) is 2.64. The number of hydrogen-bond donors (Lipinski definition) is 1. The van der Waals surface area contributed by atoms with Gasteiger partial charge in [-0.1, -0.05) is 13.8 Å². The molecule has 18 heavy (non-hydrogen) atoms. The molecule has 0 radical (unpaired) electrons. The molecule has 1 fully saturated rings. The highest BCUT2D eigenvalue weighted by Gasteiger charge is 2.27. The van der Waals surface area contributed by atoms with Gasteiger partial charge in [0.15, 0.2) is 0 Å². The van der Waals surface area contributed by atoms with E-state index in [1.165, 1.54) is 6.20 Å². The van der Waals surface area contributed by atoms with Crippen LogP contribution >= 0.6 is 0 Å². The Kier molecular flexibility index (Phi) is 3.59. The van der Waals surface area contributed by atoms with Gasteiger partial charge in [0, 0.05) is 20.1 Å². The lowest BCUT2D eigenvalue weighted by Gasteiger charge is -2.33. The monoisotopic (exact) mass is 250 g/mol. The molecule has 0 spiro atoms. The number of aromatic nitrogens is 2. The minimum atomic E-state index is 0.00899. The molecule has 2 heterocycles. The predicted molar refractivity (Wildman–Crippen MR) is 71.1 cm³/mol. The van der Waals surface area contributed by atoms with Crippen molar-refractivity contribution < 1.29 is 4.79 Å². The number of hydrogen-bond acceptors (Lipinski definition) is 3. The number of carbonyl (C=O) groups is 1. The SMILES string of the molecule is CC(C)C1CCN(C(=O)c2c(N)cnn2C)CC1. The summed E-state index contributed by atoms with van der Waals surface area (Å²) in [4.78, 5) is 14.3. The van der Waals surface area contributed by atoms with E-state index >= 15 is 0 Å². The first-order chi connectivity index (χ1) is 8.50. The lowest BCUT2D eigenvalue weighted by Crippen LogP contribution is -2.40. The maximum atomic E-state index is 12.4. The number of aryl methyl sites for hydroxylation is 1. The standard InChI is InChI=1S/C13H22N4O/c1-9(2)10-4-6-17(7-5-10)13(18)12-11(14)8-15-16(12)3/h8-10H,4-7,14H2,1-3H3. The van der Waals surface area contributed by atoms with E-state index in [1.54, 1.807) is 11.7 Å². The Hall–Kier alpha value is -1.52. The Bertz CT molecular complexity index is 411. The minimum absolute atomic E-state index is 0.00899. The van der Waals surface area contributed by atoms with Crippen LogP contribution in [0.2, 0.25) is 0 Å².